The van der Waals surface area contributed by atoms with E-state index in [9.17, 15) is 9.90 Å². The van der Waals surface area contributed by atoms with Gasteiger partial charge in [-0.15, -0.1) is 0 Å². The topological polar surface area (TPSA) is 133 Å². The molecular formula is C18H16N6O2. The predicted molar refractivity (Wildman–Crippen MR) is 98.2 cm³/mol. The number of hydrogen-bond acceptors (Lipinski definition) is 6. The van der Waals surface area contributed by atoms with E-state index in [2.05, 4.69) is 15.0 Å². The summed E-state index contributed by atoms with van der Waals surface area (Å²) in [5.74, 6) is -0.382. The third kappa shape index (κ3) is 2.08. The van der Waals surface area contributed by atoms with Crippen LogP contribution < -0.4 is 11.5 Å². The van der Waals surface area contributed by atoms with Crippen molar-refractivity contribution in [2.75, 3.05) is 5.73 Å². The van der Waals surface area contributed by atoms with E-state index >= 15 is 0 Å². The maximum Gasteiger partial charge on any atom is 0.253 e. The largest absolute Gasteiger partial charge is 0.508 e. The molecule has 0 fully saturated rings. The number of anilines is 1. The number of nitrogens with two attached hydrogens (primary N) is 2. The summed E-state index contributed by atoms with van der Waals surface area (Å²) in [6, 6.07) is 5.08. The van der Waals surface area contributed by atoms with Crippen molar-refractivity contribution in [1.82, 2.24) is 19.5 Å². The molecule has 8 heteroatoms. The number of rotatable bonds is 2. The molecule has 0 radical (unpaired) electrons. The number of aromatic hydroxyl groups is 1. The van der Waals surface area contributed by atoms with Crippen molar-refractivity contribution < 1.29 is 9.90 Å². The van der Waals surface area contributed by atoms with Gasteiger partial charge in [-0.2, -0.15) is 0 Å². The van der Waals surface area contributed by atoms with Crippen LogP contribution in [0, 0.1) is 13.8 Å². The summed E-state index contributed by atoms with van der Waals surface area (Å²) >= 11 is 0. The van der Waals surface area contributed by atoms with E-state index in [1.807, 2.05) is 6.92 Å². The molecule has 26 heavy (non-hydrogen) atoms. The Hall–Kier alpha value is -3.68. The summed E-state index contributed by atoms with van der Waals surface area (Å²) in [7, 11) is 0. The molecule has 5 N–H and O–H groups in total. The van der Waals surface area contributed by atoms with Crippen LogP contribution in [0.25, 0.3) is 27.9 Å². The van der Waals surface area contributed by atoms with Gasteiger partial charge >= 0.3 is 0 Å². The van der Waals surface area contributed by atoms with Gasteiger partial charge in [0.15, 0.2) is 5.65 Å². The number of nitrogen functional groups attached to an aromatic ring is 1. The van der Waals surface area contributed by atoms with E-state index in [0.29, 0.717) is 33.4 Å². The Kier molecular flexibility index (Phi) is 3.30. The lowest BCUT2D eigenvalue weighted by Gasteiger charge is -2.15. The molecular weight excluding hydrogens is 332 g/mol. The zero-order valence-corrected chi connectivity index (χ0v) is 14.2. The van der Waals surface area contributed by atoms with E-state index in [0.717, 1.165) is 5.56 Å². The highest BCUT2D eigenvalue weighted by molar-refractivity contribution is 6.12. The van der Waals surface area contributed by atoms with Gasteiger partial charge in [-0.1, -0.05) is 6.07 Å². The third-order valence-corrected chi connectivity index (χ3v) is 4.49. The second-order valence-corrected chi connectivity index (χ2v) is 6.09. The first-order valence-electron chi connectivity index (χ1n) is 7.91. The molecule has 1 amide bonds. The van der Waals surface area contributed by atoms with Crippen LogP contribution in [-0.4, -0.2) is 30.5 Å². The van der Waals surface area contributed by atoms with Crippen LogP contribution in [0.1, 0.15) is 21.5 Å². The number of benzene rings is 1. The molecule has 0 bridgehead atoms. The average molecular weight is 348 g/mol. The fourth-order valence-corrected chi connectivity index (χ4v) is 3.26. The molecule has 4 rings (SSSR count). The molecule has 0 unspecified atom stereocenters. The molecule has 1 aromatic carbocycles. The molecule has 0 saturated carbocycles. The predicted octanol–water partition coefficient (Wildman–Crippen LogP) is 1.97. The monoisotopic (exact) mass is 348 g/mol. The molecule has 3 heterocycles. The second kappa shape index (κ2) is 5.41. The van der Waals surface area contributed by atoms with Gasteiger partial charge in [0.1, 0.15) is 22.7 Å². The van der Waals surface area contributed by atoms with Gasteiger partial charge in [0.05, 0.1) is 11.3 Å². The summed E-state index contributed by atoms with van der Waals surface area (Å²) in [6.45, 7) is 3.66. The van der Waals surface area contributed by atoms with Gasteiger partial charge < -0.3 is 16.6 Å². The minimum Gasteiger partial charge on any atom is -0.508 e. The van der Waals surface area contributed by atoms with Gasteiger partial charge in [-0.25, -0.2) is 9.97 Å². The first-order chi connectivity index (χ1) is 12.4. The highest BCUT2D eigenvalue weighted by Crippen LogP contribution is 2.36. The zero-order valence-electron chi connectivity index (χ0n) is 14.2. The minimum absolute atomic E-state index is 0.119. The van der Waals surface area contributed by atoms with Gasteiger partial charge in [-0.05, 0) is 31.5 Å². The Morgan fingerprint density at radius 1 is 1.19 bits per heavy atom. The molecule has 4 aromatic rings. The summed E-state index contributed by atoms with van der Waals surface area (Å²) < 4.78 is 1.63. The quantitative estimate of drug-likeness (QED) is 0.507. The summed E-state index contributed by atoms with van der Waals surface area (Å²) in [5, 5.41) is 10.6. The van der Waals surface area contributed by atoms with Gasteiger partial charge in [-0.3, -0.25) is 14.3 Å². The number of phenolic OH excluding ortho intramolecular Hbond substituents is 1. The third-order valence-electron chi connectivity index (χ3n) is 4.49. The van der Waals surface area contributed by atoms with Gasteiger partial charge in [0.25, 0.3) is 5.91 Å². The molecule has 0 aliphatic rings. The van der Waals surface area contributed by atoms with Crippen molar-refractivity contribution >= 4 is 33.9 Å². The van der Waals surface area contributed by atoms with E-state index < -0.39 is 5.91 Å². The number of carbonyl (C=O) groups excluding carboxylic acids is 1. The van der Waals surface area contributed by atoms with E-state index in [-0.39, 0.29) is 17.1 Å². The van der Waals surface area contributed by atoms with Crippen molar-refractivity contribution in [3.63, 3.8) is 0 Å². The van der Waals surface area contributed by atoms with Crippen molar-refractivity contribution in [2.24, 2.45) is 5.73 Å². The van der Waals surface area contributed by atoms with Crippen LogP contribution in [0.5, 0.6) is 5.75 Å². The van der Waals surface area contributed by atoms with Crippen molar-refractivity contribution in [3.8, 4) is 11.4 Å². The summed E-state index contributed by atoms with van der Waals surface area (Å²) in [6.07, 6.45) is 3.08. The normalized spacial score (nSPS) is 11.3. The summed E-state index contributed by atoms with van der Waals surface area (Å²) in [4.78, 5) is 25.1. The van der Waals surface area contributed by atoms with Crippen LogP contribution in [0.3, 0.4) is 0 Å². The molecule has 0 saturated heterocycles. The Bertz CT molecular complexity index is 1210. The Morgan fingerprint density at radius 3 is 2.65 bits per heavy atom. The Balaban J connectivity index is 2.23. The lowest BCUT2D eigenvalue weighted by molar-refractivity contribution is 0.100. The maximum atomic E-state index is 12.1. The number of aryl methyl sites for hydroxylation is 1. The highest BCUT2D eigenvalue weighted by atomic mass is 16.3. The smallest absolute Gasteiger partial charge is 0.253 e. The van der Waals surface area contributed by atoms with Crippen molar-refractivity contribution in [1.29, 1.82) is 0 Å². The van der Waals surface area contributed by atoms with Crippen LogP contribution in [-0.2, 0) is 0 Å². The first-order valence-corrected chi connectivity index (χ1v) is 7.91. The standard InChI is InChI=1S/C18H16N6O2/c1-8-3-4-12(25)9(2)14(8)24-15(19)13(16(20)26)10-7-11-17(23-18(10)24)22-6-5-21-11/h3-7,25H,19H2,1-2H3,(H2,20,26). The van der Waals surface area contributed by atoms with Crippen molar-refractivity contribution in [3.05, 3.63) is 47.3 Å². The molecule has 130 valence electrons. The number of aromatic nitrogens is 4. The lowest BCUT2D eigenvalue weighted by Crippen LogP contribution is -2.14. The fourth-order valence-electron chi connectivity index (χ4n) is 3.26. The van der Waals surface area contributed by atoms with Gasteiger partial charge in [0, 0.05) is 23.3 Å². The summed E-state index contributed by atoms with van der Waals surface area (Å²) in [5.41, 5.74) is 15.6. The molecule has 8 nitrogen and oxygen atoms in total. The molecule has 0 aliphatic carbocycles. The Morgan fingerprint density at radius 2 is 1.92 bits per heavy atom. The van der Waals surface area contributed by atoms with Crippen LogP contribution in [0.15, 0.2) is 30.6 Å². The number of amides is 1. The van der Waals surface area contributed by atoms with Crippen LogP contribution >= 0.6 is 0 Å². The Labute approximate surface area is 148 Å². The van der Waals surface area contributed by atoms with Crippen LogP contribution in [0.2, 0.25) is 0 Å². The SMILES string of the molecule is Cc1ccc(O)c(C)c1-n1c(N)c(C(N)=O)c2cc3nccnc3nc21. The molecule has 0 aliphatic heterocycles. The number of pyridine rings is 1. The van der Waals surface area contributed by atoms with Crippen LogP contribution in [0.4, 0.5) is 5.82 Å². The van der Waals surface area contributed by atoms with Gasteiger partial charge in [0.2, 0.25) is 0 Å². The number of carbonyl (C=O) groups is 1. The molecule has 0 atom stereocenters. The number of fused-ring (bicyclic) bond motifs is 2. The highest BCUT2D eigenvalue weighted by Gasteiger charge is 2.24. The zero-order chi connectivity index (χ0) is 18.6. The number of phenols is 1. The fraction of sp³-hybridized carbons (Fsp3) is 0.111. The van der Waals surface area contributed by atoms with E-state index in [4.69, 9.17) is 11.5 Å². The minimum atomic E-state index is -0.660. The number of primary amides is 1. The second-order valence-electron chi connectivity index (χ2n) is 6.09. The number of hydrogen-bond donors (Lipinski definition) is 3. The van der Waals surface area contributed by atoms with E-state index in [1.165, 1.54) is 6.20 Å². The van der Waals surface area contributed by atoms with Crippen molar-refractivity contribution in [2.45, 2.75) is 13.8 Å². The molecule has 3 aromatic heterocycles. The maximum absolute atomic E-state index is 12.1. The first kappa shape index (κ1) is 15.8. The molecule has 0 spiro atoms. The lowest BCUT2D eigenvalue weighted by atomic mass is 10.1. The average Bonchev–Trinajstić information content (AvgIpc) is 2.88. The number of nitrogens with zero attached hydrogens (tertiary/aromatic N) is 4. The van der Waals surface area contributed by atoms with E-state index in [1.54, 1.807) is 35.9 Å².